The van der Waals surface area contributed by atoms with Crippen molar-refractivity contribution in [1.82, 2.24) is 5.32 Å². The average Bonchev–Trinajstić information content (AvgIpc) is 2.86. The number of thiophene rings is 1. The largest absolute Gasteiger partial charge is 0.303 e. The molecule has 1 N–H and O–H groups in total. The van der Waals surface area contributed by atoms with Gasteiger partial charge in [0.15, 0.2) is 0 Å². The van der Waals surface area contributed by atoms with Crippen LogP contribution >= 0.6 is 23.1 Å². The third kappa shape index (κ3) is 2.95. The summed E-state index contributed by atoms with van der Waals surface area (Å²) in [7, 11) is 0. The number of hydrogen-bond acceptors (Lipinski definition) is 3. The highest BCUT2D eigenvalue weighted by atomic mass is 32.2. The van der Waals surface area contributed by atoms with Crippen LogP contribution in [-0.2, 0) is 0 Å². The van der Waals surface area contributed by atoms with E-state index in [2.05, 4.69) is 61.8 Å². The molecule has 1 nitrogen and oxygen atoms in total. The van der Waals surface area contributed by atoms with E-state index in [9.17, 15) is 0 Å². The Bertz CT molecular complexity index is 590. The topological polar surface area (TPSA) is 12.0 Å². The van der Waals surface area contributed by atoms with Crippen molar-refractivity contribution in [1.29, 1.82) is 0 Å². The lowest BCUT2D eigenvalue weighted by molar-refractivity contribution is 0.435. The fraction of sp³-hybridized carbons (Fsp3) is 0.412. The predicted molar refractivity (Wildman–Crippen MR) is 89.7 cm³/mol. The maximum atomic E-state index is 3.83. The Morgan fingerprint density at radius 3 is 2.95 bits per heavy atom. The minimum absolute atomic E-state index is 0.392. The van der Waals surface area contributed by atoms with Gasteiger partial charge in [0.1, 0.15) is 0 Å². The molecule has 1 aromatic heterocycles. The number of rotatable bonds is 3. The summed E-state index contributed by atoms with van der Waals surface area (Å²) < 4.78 is 1.50. The van der Waals surface area contributed by atoms with E-state index in [0.29, 0.717) is 17.3 Å². The molecular formula is C17H21NS2. The fourth-order valence-corrected chi connectivity index (χ4v) is 5.41. The SMILES string of the molecule is Cc1cccc([C@H](C)NC2C[C@H](C)Sc3sccc32)c1. The minimum Gasteiger partial charge on any atom is -0.303 e. The zero-order valence-electron chi connectivity index (χ0n) is 12.2. The van der Waals surface area contributed by atoms with Crippen molar-refractivity contribution in [2.45, 2.75) is 48.7 Å². The van der Waals surface area contributed by atoms with Crippen molar-refractivity contribution < 1.29 is 0 Å². The van der Waals surface area contributed by atoms with Crippen LogP contribution in [-0.4, -0.2) is 5.25 Å². The summed E-state index contributed by atoms with van der Waals surface area (Å²) in [5, 5.41) is 6.75. The zero-order chi connectivity index (χ0) is 14.1. The molecule has 0 bridgehead atoms. The van der Waals surface area contributed by atoms with E-state index in [0.717, 1.165) is 0 Å². The normalized spacial score (nSPS) is 23.4. The van der Waals surface area contributed by atoms with Gasteiger partial charge in [-0.1, -0.05) is 36.8 Å². The molecule has 2 heterocycles. The first kappa shape index (κ1) is 14.2. The average molecular weight is 303 g/mol. The van der Waals surface area contributed by atoms with Crippen LogP contribution in [0.4, 0.5) is 0 Å². The third-order valence-corrected chi connectivity index (χ3v) is 6.25. The summed E-state index contributed by atoms with van der Waals surface area (Å²) in [5.41, 5.74) is 4.21. The van der Waals surface area contributed by atoms with Crippen LogP contribution in [0, 0.1) is 6.92 Å². The fourth-order valence-electron chi connectivity index (χ4n) is 2.84. The van der Waals surface area contributed by atoms with E-state index in [-0.39, 0.29) is 0 Å². The van der Waals surface area contributed by atoms with Crippen molar-refractivity contribution in [2.75, 3.05) is 0 Å². The van der Waals surface area contributed by atoms with Crippen molar-refractivity contribution in [2.24, 2.45) is 0 Å². The van der Waals surface area contributed by atoms with Crippen molar-refractivity contribution in [3.8, 4) is 0 Å². The maximum Gasteiger partial charge on any atom is 0.0649 e. The Balaban J connectivity index is 1.78. The summed E-state index contributed by atoms with van der Waals surface area (Å²) in [6, 6.07) is 12.0. The molecule has 0 saturated carbocycles. The van der Waals surface area contributed by atoms with Gasteiger partial charge in [-0.05, 0) is 42.8 Å². The third-order valence-electron chi connectivity index (χ3n) is 3.90. The molecule has 20 heavy (non-hydrogen) atoms. The predicted octanol–water partition coefficient (Wildman–Crippen LogP) is 5.33. The Hall–Kier alpha value is -0.770. The molecule has 1 aliphatic heterocycles. The van der Waals surface area contributed by atoms with Gasteiger partial charge in [0.2, 0.25) is 0 Å². The summed E-state index contributed by atoms with van der Waals surface area (Å²) in [5.74, 6) is 0. The monoisotopic (exact) mass is 303 g/mol. The number of hydrogen-bond donors (Lipinski definition) is 1. The molecule has 0 fully saturated rings. The van der Waals surface area contributed by atoms with Crippen molar-refractivity contribution in [3.05, 3.63) is 52.4 Å². The Morgan fingerprint density at radius 2 is 2.15 bits per heavy atom. The van der Waals surface area contributed by atoms with Gasteiger partial charge in [0.25, 0.3) is 0 Å². The summed E-state index contributed by atoms with van der Waals surface area (Å²) in [6.45, 7) is 6.76. The van der Waals surface area contributed by atoms with E-state index in [1.807, 2.05) is 23.1 Å². The van der Waals surface area contributed by atoms with E-state index in [1.54, 1.807) is 0 Å². The quantitative estimate of drug-likeness (QED) is 0.822. The molecule has 2 aromatic rings. The number of thioether (sulfide) groups is 1. The molecule has 1 aliphatic rings. The van der Waals surface area contributed by atoms with Gasteiger partial charge < -0.3 is 5.32 Å². The molecule has 0 radical (unpaired) electrons. The Morgan fingerprint density at radius 1 is 1.30 bits per heavy atom. The zero-order valence-corrected chi connectivity index (χ0v) is 13.9. The van der Waals surface area contributed by atoms with E-state index >= 15 is 0 Å². The summed E-state index contributed by atoms with van der Waals surface area (Å²) in [4.78, 5) is 0. The lowest BCUT2D eigenvalue weighted by atomic mass is 10.0. The first-order valence-corrected chi connectivity index (χ1v) is 8.96. The van der Waals surface area contributed by atoms with Crippen LogP contribution in [0.2, 0.25) is 0 Å². The molecule has 0 saturated heterocycles. The van der Waals surface area contributed by atoms with Crippen molar-refractivity contribution >= 4 is 23.1 Å². The Labute approximate surface area is 129 Å². The van der Waals surface area contributed by atoms with Gasteiger partial charge in [-0.15, -0.1) is 23.1 Å². The van der Waals surface area contributed by atoms with Crippen LogP contribution in [0.5, 0.6) is 0 Å². The molecule has 3 atom stereocenters. The minimum atomic E-state index is 0.392. The molecule has 1 aromatic carbocycles. The highest BCUT2D eigenvalue weighted by Crippen LogP contribution is 2.44. The molecule has 3 rings (SSSR count). The molecule has 1 unspecified atom stereocenters. The van der Waals surface area contributed by atoms with Gasteiger partial charge in [-0.3, -0.25) is 0 Å². The first-order valence-electron chi connectivity index (χ1n) is 7.20. The smallest absolute Gasteiger partial charge is 0.0649 e. The highest BCUT2D eigenvalue weighted by Gasteiger charge is 2.27. The molecule has 106 valence electrons. The van der Waals surface area contributed by atoms with Gasteiger partial charge >= 0.3 is 0 Å². The van der Waals surface area contributed by atoms with Gasteiger partial charge in [0.05, 0.1) is 4.21 Å². The second-order valence-electron chi connectivity index (χ2n) is 5.68. The molecule has 0 spiro atoms. The van der Waals surface area contributed by atoms with Crippen LogP contribution < -0.4 is 5.32 Å². The van der Waals surface area contributed by atoms with Gasteiger partial charge in [0, 0.05) is 17.3 Å². The first-order chi connectivity index (χ1) is 9.63. The number of benzene rings is 1. The van der Waals surface area contributed by atoms with Crippen LogP contribution in [0.15, 0.2) is 39.9 Å². The second kappa shape index (κ2) is 5.92. The highest BCUT2D eigenvalue weighted by molar-refractivity contribution is 8.01. The van der Waals surface area contributed by atoms with Gasteiger partial charge in [-0.25, -0.2) is 0 Å². The van der Waals surface area contributed by atoms with E-state index in [1.165, 1.54) is 27.3 Å². The maximum absolute atomic E-state index is 3.83. The molecule has 0 amide bonds. The summed E-state index contributed by atoms with van der Waals surface area (Å²) in [6.07, 6.45) is 1.21. The van der Waals surface area contributed by atoms with Crippen molar-refractivity contribution in [3.63, 3.8) is 0 Å². The Kier molecular flexibility index (Phi) is 4.20. The van der Waals surface area contributed by atoms with Gasteiger partial charge in [-0.2, -0.15) is 0 Å². The number of fused-ring (bicyclic) bond motifs is 1. The number of aryl methyl sites for hydroxylation is 1. The van der Waals surface area contributed by atoms with E-state index in [4.69, 9.17) is 0 Å². The molecule has 3 heteroatoms. The lowest BCUT2D eigenvalue weighted by Crippen LogP contribution is -2.28. The standard InChI is InChI=1S/C17H21NS2/c1-11-5-4-6-14(9-11)13(3)18-16-10-12(2)20-17-15(16)7-8-19-17/h4-9,12-13,16,18H,10H2,1-3H3/t12-,13-,16?/m0/s1. The summed E-state index contributed by atoms with van der Waals surface area (Å²) >= 11 is 3.91. The number of nitrogens with one attached hydrogen (secondary N) is 1. The lowest BCUT2D eigenvalue weighted by Gasteiger charge is -2.30. The van der Waals surface area contributed by atoms with Crippen LogP contribution in [0.1, 0.15) is 49.0 Å². The van der Waals surface area contributed by atoms with Crippen LogP contribution in [0.3, 0.4) is 0 Å². The second-order valence-corrected chi connectivity index (χ2v) is 8.31. The van der Waals surface area contributed by atoms with Crippen LogP contribution in [0.25, 0.3) is 0 Å². The van der Waals surface area contributed by atoms with E-state index < -0.39 is 0 Å². The molecule has 0 aliphatic carbocycles. The molecular weight excluding hydrogens is 282 g/mol.